The molecular weight excluding hydrogens is 300 g/mol. The fourth-order valence-corrected chi connectivity index (χ4v) is 3.16. The molecule has 0 amide bonds. The maximum atomic E-state index is 12.1. The Bertz CT molecular complexity index is 735. The molecule has 0 saturated carbocycles. The van der Waals surface area contributed by atoms with Crippen molar-refractivity contribution >= 4 is 21.6 Å². The highest BCUT2D eigenvalue weighted by atomic mass is 35.5. The molecule has 1 aromatic heterocycles. The summed E-state index contributed by atoms with van der Waals surface area (Å²) in [5.41, 5.74) is 0.311. The molecule has 2 aromatic rings. The van der Waals surface area contributed by atoms with E-state index in [2.05, 4.69) is 9.82 Å². The van der Waals surface area contributed by atoms with Gasteiger partial charge >= 0.3 is 0 Å². The number of sulfonamides is 1. The molecule has 104 valence electrons. The molecule has 1 heterocycles. The summed E-state index contributed by atoms with van der Waals surface area (Å²) < 4.78 is 28.2. The number of nitrogens with one attached hydrogen (secondary N) is 1. The van der Waals surface area contributed by atoms with Crippen molar-refractivity contribution in [1.82, 2.24) is 14.5 Å². The van der Waals surface area contributed by atoms with E-state index < -0.39 is 10.0 Å². The molecule has 1 N–H and O–H groups in total. The van der Waals surface area contributed by atoms with Crippen molar-refractivity contribution in [1.29, 1.82) is 5.26 Å². The van der Waals surface area contributed by atoms with E-state index in [0.717, 1.165) is 0 Å². The van der Waals surface area contributed by atoms with Gasteiger partial charge in [-0.3, -0.25) is 4.68 Å². The predicted octanol–water partition coefficient (Wildman–Crippen LogP) is 1.39. The summed E-state index contributed by atoms with van der Waals surface area (Å²) in [6, 6.07) is 7.70. The summed E-state index contributed by atoms with van der Waals surface area (Å²) in [6.07, 6.45) is 3.36. The second-order valence-corrected chi connectivity index (χ2v) is 6.07. The molecule has 6 nitrogen and oxygen atoms in total. The lowest BCUT2D eigenvalue weighted by molar-refractivity contribution is 0.561. The van der Waals surface area contributed by atoms with E-state index in [1.165, 1.54) is 18.2 Å². The third-order valence-electron chi connectivity index (χ3n) is 2.54. The lowest BCUT2D eigenvalue weighted by Crippen LogP contribution is -2.27. The molecule has 0 spiro atoms. The van der Waals surface area contributed by atoms with Gasteiger partial charge in [-0.2, -0.15) is 10.4 Å². The number of halogens is 1. The van der Waals surface area contributed by atoms with Crippen LogP contribution >= 0.6 is 11.6 Å². The van der Waals surface area contributed by atoms with Crippen LogP contribution in [0.15, 0.2) is 41.6 Å². The van der Waals surface area contributed by atoms with Crippen molar-refractivity contribution in [3.05, 3.63) is 47.2 Å². The van der Waals surface area contributed by atoms with Crippen LogP contribution in [0.5, 0.6) is 0 Å². The van der Waals surface area contributed by atoms with Crippen molar-refractivity contribution in [2.45, 2.75) is 11.4 Å². The Morgan fingerprint density at radius 1 is 1.45 bits per heavy atom. The zero-order valence-electron chi connectivity index (χ0n) is 10.3. The molecule has 8 heteroatoms. The van der Waals surface area contributed by atoms with Crippen LogP contribution in [0.4, 0.5) is 0 Å². The smallest absolute Gasteiger partial charge is 0.242 e. The Morgan fingerprint density at radius 2 is 2.25 bits per heavy atom. The fraction of sp³-hybridized carbons (Fsp3) is 0.167. The standard InChI is InChI=1S/C12H11ClN4O2S/c13-11-8-10(9-14)2-3-12(11)20(18,19)16-5-7-17-6-1-4-15-17/h1-4,6,8,16H,5,7H2. The minimum atomic E-state index is -3.70. The molecule has 0 aliphatic carbocycles. The van der Waals surface area contributed by atoms with Gasteiger partial charge < -0.3 is 0 Å². The van der Waals surface area contributed by atoms with Gasteiger partial charge in [-0.05, 0) is 24.3 Å². The van der Waals surface area contributed by atoms with Gasteiger partial charge in [-0.25, -0.2) is 13.1 Å². The molecule has 0 bridgehead atoms. The lowest BCUT2D eigenvalue weighted by atomic mass is 10.2. The van der Waals surface area contributed by atoms with E-state index >= 15 is 0 Å². The molecule has 0 fully saturated rings. The maximum absolute atomic E-state index is 12.1. The van der Waals surface area contributed by atoms with Crippen LogP contribution in [0.1, 0.15) is 5.56 Å². The van der Waals surface area contributed by atoms with E-state index in [9.17, 15) is 8.42 Å². The van der Waals surface area contributed by atoms with E-state index in [1.807, 2.05) is 6.07 Å². The highest BCUT2D eigenvalue weighted by molar-refractivity contribution is 7.89. The Morgan fingerprint density at radius 3 is 2.85 bits per heavy atom. The van der Waals surface area contributed by atoms with Gasteiger partial charge in [0.2, 0.25) is 10.0 Å². The minimum Gasteiger partial charge on any atom is -0.271 e. The van der Waals surface area contributed by atoms with Crippen molar-refractivity contribution in [2.75, 3.05) is 6.54 Å². The van der Waals surface area contributed by atoms with Crippen LogP contribution in [0, 0.1) is 11.3 Å². The molecule has 0 unspecified atom stereocenters. The molecule has 1 aromatic carbocycles. The van der Waals surface area contributed by atoms with Gasteiger partial charge in [0.05, 0.1) is 23.2 Å². The maximum Gasteiger partial charge on any atom is 0.242 e. The number of aromatic nitrogens is 2. The predicted molar refractivity (Wildman–Crippen MR) is 73.6 cm³/mol. The van der Waals surface area contributed by atoms with Crippen molar-refractivity contribution in [3.8, 4) is 6.07 Å². The second-order valence-electron chi connectivity index (χ2n) is 3.92. The van der Waals surface area contributed by atoms with Crippen molar-refractivity contribution in [2.24, 2.45) is 0 Å². The Kier molecular flexibility index (Phi) is 4.39. The first-order chi connectivity index (χ1) is 9.53. The molecule has 0 saturated heterocycles. The molecule has 2 rings (SSSR count). The SMILES string of the molecule is N#Cc1ccc(S(=O)(=O)NCCn2cccn2)c(Cl)c1. The summed E-state index contributed by atoms with van der Waals surface area (Å²) >= 11 is 5.88. The summed E-state index contributed by atoms with van der Waals surface area (Å²) in [6.45, 7) is 0.612. The third-order valence-corrected chi connectivity index (χ3v) is 4.49. The highest BCUT2D eigenvalue weighted by Crippen LogP contribution is 2.22. The van der Waals surface area contributed by atoms with Crippen LogP contribution in [0.3, 0.4) is 0 Å². The van der Waals surface area contributed by atoms with Crippen LogP contribution in [0.2, 0.25) is 5.02 Å². The topological polar surface area (TPSA) is 87.8 Å². The first-order valence-electron chi connectivity index (χ1n) is 5.70. The van der Waals surface area contributed by atoms with Gasteiger partial charge in [0.15, 0.2) is 0 Å². The Hall–Kier alpha value is -1.88. The first-order valence-corrected chi connectivity index (χ1v) is 7.56. The molecule has 0 atom stereocenters. The lowest BCUT2D eigenvalue weighted by Gasteiger charge is -2.08. The highest BCUT2D eigenvalue weighted by Gasteiger charge is 2.17. The normalized spacial score (nSPS) is 11.2. The summed E-state index contributed by atoms with van der Waals surface area (Å²) in [7, 11) is -3.70. The van der Waals surface area contributed by atoms with E-state index in [-0.39, 0.29) is 16.5 Å². The van der Waals surface area contributed by atoms with Crippen LogP contribution in [-0.2, 0) is 16.6 Å². The van der Waals surface area contributed by atoms with Crippen molar-refractivity contribution < 1.29 is 8.42 Å². The van der Waals surface area contributed by atoms with Gasteiger partial charge in [-0.15, -0.1) is 0 Å². The largest absolute Gasteiger partial charge is 0.271 e. The van der Waals surface area contributed by atoms with Crippen LogP contribution in [-0.4, -0.2) is 24.7 Å². The van der Waals surface area contributed by atoms with E-state index in [4.69, 9.17) is 16.9 Å². The molecular formula is C12H11ClN4O2S. The van der Waals surface area contributed by atoms with Gasteiger partial charge in [0, 0.05) is 18.9 Å². The zero-order valence-corrected chi connectivity index (χ0v) is 11.9. The quantitative estimate of drug-likeness (QED) is 0.904. The second kappa shape index (κ2) is 6.05. The average molecular weight is 311 g/mol. The number of hydrogen-bond acceptors (Lipinski definition) is 4. The third kappa shape index (κ3) is 3.36. The van der Waals surface area contributed by atoms with Gasteiger partial charge in [0.25, 0.3) is 0 Å². The van der Waals surface area contributed by atoms with Crippen LogP contribution < -0.4 is 4.72 Å². The molecule has 0 aliphatic heterocycles. The first kappa shape index (κ1) is 14.5. The zero-order chi connectivity index (χ0) is 14.6. The van der Waals surface area contributed by atoms with Gasteiger partial charge in [0.1, 0.15) is 4.90 Å². The number of hydrogen-bond donors (Lipinski definition) is 1. The summed E-state index contributed by atoms with van der Waals surface area (Å²) in [4.78, 5) is -0.0429. The Balaban J connectivity index is 2.08. The monoisotopic (exact) mass is 310 g/mol. The molecule has 0 radical (unpaired) electrons. The fourth-order valence-electron chi connectivity index (χ4n) is 1.59. The number of nitriles is 1. The number of nitrogens with zero attached hydrogens (tertiary/aromatic N) is 3. The molecule has 0 aliphatic rings. The number of benzene rings is 1. The molecule has 20 heavy (non-hydrogen) atoms. The Labute approximate surface area is 121 Å². The van der Waals surface area contributed by atoms with Crippen LogP contribution in [0.25, 0.3) is 0 Å². The minimum absolute atomic E-state index is 0.0237. The van der Waals surface area contributed by atoms with E-state index in [0.29, 0.717) is 12.1 Å². The average Bonchev–Trinajstić information content (AvgIpc) is 2.91. The van der Waals surface area contributed by atoms with Crippen molar-refractivity contribution in [3.63, 3.8) is 0 Å². The number of rotatable bonds is 5. The summed E-state index contributed by atoms with van der Waals surface area (Å²) in [5.74, 6) is 0. The van der Waals surface area contributed by atoms with Gasteiger partial charge in [-0.1, -0.05) is 11.6 Å². The summed E-state index contributed by atoms with van der Waals surface area (Å²) in [5, 5.41) is 12.7. The van der Waals surface area contributed by atoms with E-state index in [1.54, 1.807) is 23.1 Å².